The second kappa shape index (κ2) is 5.48. The van der Waals surface area contributed by atoms with Gasteiger partial charge in [0.15, 0.2) is 0 Å². The Labute approximate surface area is 106 Å². The topological polar surface area (TPSA) is 74.3 Å². The zero-order chi connectivity index (χ0) is 13.0. The van der Waals surface area contributed by atoms with Crippen LogP contribution in [-0.4, -0.2) is 49.4 Å². The first-order chi connectivity index (χ1) is 8.74. The van der Waals surface area contributed by atoms with E-state index in [2.05, 4.69) is 10.1 Å². The lowest BCUT2D eigenvalue weighted by atomic mass is 10.2. The number of benzene rings is 1. The zero-order valence-electron chi connectivity index (χ0n) is 10.4. The first-order valence-electron chi connectivity index (χ1n) is 5.86. The van der Waals surface area contributed by atoms with Crippen LogP contribution in [0.4, 0.5) is 5.69 Å². The molecule has 2 rings (SSSR count). The first kappa shape index (κ1) is 12.3. The molecule has 1 aromatic rings. The van der Waals surface area contributed by atoms with Crippen LogP contribution in [0.15, 0.2) is 29.4 Å². The lowest BCUT2D eigenvalue weighted by molar-refractivity contribution is 0.293. The number of hydrogen-bond acceptors (Lipinski definition) is 4. The first-order valence-corrected chi connectivity index (χ1v) is 5.86. The largest absolute Gasteiger partial charge is 0.497 e. The van der Waals surface area contributed by atoms with E-state index in [1.165, 1.54) is 0 Å². The second-order valence-corrected chi connectivity index (χ2v) is 4.13. The van der Waals surface area contributed by atoms with Crippen molar-refractivity contribution in [1.29, 1.82) is 0 Å². The van der Waals surface area contributed by atoms with Gasteiger partial charge in [-0.05, 0) is 24.3 Å². The summed E-state index contributed by atoms with van der Waals surface area (Å²) in [5.41, 5.74) is 6.72. The van der Waals surface area contributed by atoms with Crippen molar-refractivity contribution in [2.45, 2.75) is 0 Å². The van der Waals surface area contributed by atoms with Gasteiger partial charge in [-0.25, -0.2) is 0 Å². The molecule has 1 aromatic carbocycles. The van der Waals surface area contributed by atoms with Crippen molar-refractivity contribution in [3.63, 3.8) is 0 Å². The lowest BCUT2D eigenvalue weighted by Gasteiger charge is -2.36. The molecule has 0 radical (unpaired) electrons. The molecule has 0 spiro atoms. The number of rotatable bonds is 2. The van der Waals surface area contributed by atoms with E-state index in [0.29, 0.717) is 0 Å². The summed E-state index contributed by atoms with van der Waals surface area (Å²) in [5.74, 6) is 1.04. The van der Waals surface area contributed by atoms with Crippen LogP contribution in [0, 0.1) is 0 Å². The molecule has 1 saturated heterocycles. The molecule has 1 heterocycles. The molecular formula is C12H18N4O2. The lowest BCUT2D eigenvalue weighted by Crippen LogP contribution is -2.51. The monoisotopic (exact) mass is 250 g/mol. The Bertz CT molecular complexity index is 411. The third kappa shape index (κ3) is 2.58. The average Bonchev–Trinajstić information content (AvgIpc) is 2.47. The summed E-state index contributed by atoms with van der Waals surface area (Å²) in [6.07, 6.45) is 0. The fourth-order valence-corrected chi connectivity index (χ4v) is 2.05. The van der Waals surface area contributed by atoms with E-state index < -0.39 is 0 Å². The number of nitrogens with two attached hydrogens (primary N) is 1. The highest BCUT2D eigenvalue weighted by Gasteiger charge is 2.18. The van der Waals surface area contributed by atoms with E-state index >= 15 is 0 Å². The Hall–Kier alpha value is -2.11. The van der Waals surface area contributed by atoms with E-state index in [1.807, 2.05) is 29.2 Å². The predicted octanol–water partition coefficient (Wildman–Crippen LogP) is 0.521. The molecule has 0 amide bonds. The van der Waals surface area contributed by atoms with Gasteiger partial charge in [-0.2, -0.15) is 0 Å². The standard InChI is InChI=1S/C12H18N4O2/c1-18-11-4-2-10(3-5-11)15-6-8-16(9-7-15)12(13)14-17/h2-5,17H,6-9H2,1H3,(H2,13,14). The van der Waals surface area contributed by atoms with Crippen molar-refractivity contribution in [1.82, 2.24) is 4.90 Å². The highest BCUT2D eigenvalue weighted by atomic mass is 16.5. The van der Waals surface area contributed by atoms with Crippen molar-refractivity contribution < 1.29 is 9.94 Å². The van der Waals surface area contributed by atoms with Crippen LogP contribution in [0.5, 0.6) is 5.75 Å². The maximum Gasteiger partial charge on any atom is 0.233 e. The predicted molar refractivity (Wildman–Crippen MR) is 70.2 cm³/mol. The third-order valence-corrected chi connectivity index (χ3v) is 3.14. The van der Waals surface area contributed by atoms with Crippen molar-refractivity contribution in [2.75, 3.05) is 38.2 Å². The van der Waals surface area contributed by atoms with Gasteiger partial charge in [-0.3, -0.25) is 0 Å². The van der Waals surface area contributed by atoms with Crippen LogP contribution in [0.2, 0.25) is 0 Å². The molecule has 0 aromatic heterocycles. The van der Waals surface area contributed by atoms with Crippen LogP contribution in [0.25, 0.3) is 0 Å². The molecular weight excluding hydrogens is 232 g/mol. The number of oxime groups is 1. The Morgan fingerprint density at radius 1 is 1.22 bits per heavy atom. The van der Waals surface area contributed by atoms with Gasteiger partial charge in [0.2, 0.25) is 5.96 Å². The minimum absolute atomic E-state index is 0.185. The normalized spacial score (nSPS) is 16.8. The molecule has 0 aliphatic carbocycles. The van der Waals surface area contributed by atoms with Crippen LogP contribution >= 0.6 is 0 Å². The smallest absolute Gasteiger partial charge is 0.233 e. The van der Waals surface area contributed by atoms with E-state index in [9.17, 15) is 0 Å². The zero-order valence-corrected chi connectivity index (χ0v) is 10.4. The van der Waals surface area contributed by atoms with Crippen LogP contribution in [0.3, 0.4) is 0 Å². The van der Waals surface area contributed by atoms with Crippen molar-refractivity contribution >= 4 is 11.6 Å². The number of methoxy groups -OCH3 is 1. The number of guanidine groups is 1. The quantitative estimate of drug-likeness (QED) is 0.346. The van der Waals surface area contributed by atoms with Gasteiger partial charge in [0.1, 0.15) is 5.75 Å². The highest BCUT2D eigenvalue weighted by Crippen LogP contribution is 2.20. The SMILES string of the molecule is COc1ccc(N2CCN(C(N)=NO)CC2)cc1. The highest BCUT2D eigenvalue weighted by molar-refractivity contribution is 5.77. The molecule has 3 N–H and O–H groups in total. The number of piperazine rings is 1. The number of hydrogen-bond donors (Lipinski definition) is 2. The molecule has 6 nitrogen and oxygen atoms in total. The van der Waals surface area contributed by atoms with Crippen molar-refractivity contribution in [2.24, 2.45) is 10.9 Å². The molecule has 1 aliphatic rings. The van der Waals surface area contributed by atoms with E-state index in [4.69, 9.17) is 15.7 Å². The molecule has 0 bridgehead atoms. The van der Waals surface area contributed by atoms with Gasteiger partial charge in [0.25, 0.3) is 0 Å². The maximum atomic E-state index is 8.62. The summed E-state index contributed by atoms with van der Waals surface area (Å²) in [6.45, 7) is 3.20. The van der Waals surface area contributed by atoms with Crippen molar-refractivity contribution in [3.8, 4) is 5.75 Å². The van der Waals surface area contributed by atoms with Gasteiger partial charge < -0.3 is 25.5 Å². The molecule has 6 heteroatoms. The summed E-state index contributed by atoms with van der Waals surface area (Å²) in [4.78, 5) is 4.13. The summed E-state index contributed by atoms with van der Waals surface area (Å²) in [5, 5.41) is 11.6. The van der Waals surface area contributed by atoms with E-state index in [0.717, 1.165) is 37.6 Å². The fourth-order valence-electron chi connectivity index (χ4n) is 2.05. The van der Waals surface area contributed by atoms with Gasteiger partial charge in [0, 0.05) is 31.9 Å². The van der Waals surface area contributed by atoms with Gasteiger partial charge in [0.05, 0.1) is 7.11 Å². The van der Waals surface area contributed by atoms with Crippen LogP contribution in [0.1, 0.15) is 0 Å². The number of nitrogens with zero attached hydrogens (tertiary/aromatic N) is 3. The number of anilines is 1. The second-order valence-electron chi connectivity index (χ2n) is 4.13. The molecule has 1 aliphatic heterocycles. The molecule has 18 heavy (non-hydrogen) atoms. The number of ether oxygens (including phenoxy) is 1. The molecule has 0 atom stereocenters. The summed E-state index contributed by atoms with van der Waals surface area (Å²) < 4.78 is 5.13. The summed E-state index contributed by atoms with van der Waals surface area (Å²) >= 11 is 0. The summed E-state index contributed by atoms with van der Waals surface area (Å²) in [7, 11) is 1.66. The molecule has 1 fully saturated rings. The van der Waals surface area contributed by atoms with E-state index in [1.54, 1.807) is 7.11 Å². The third-order valence-electron chi connectivity index (χ3n) is 3.14. The van der Waals surface area contributed by atoms with Gasteiger partial charge in [-0.15, -0.1) is 0 Å². The maximum absolute atomic E-state index is 8.62. The average molecular weight is 250 g/mol. The minimum Gasteiger partial charge on any atom is -0.497 e. The van der Waals surface area contributed by atoms with Crippen molar-refractivity contribution in [3.05, 3.63) is 24.3 Å². The minimum atomic E-state index is 0.185. The summed E-state index contributed by atoms with van der Waals surface area (Å²) in [6, 6.07) is 7.98. The molecule has 0 saturated carbocycles. The molecule has 98 valence electrons. The Kier molecular flexibility index (Phi) is 3.76. The molecule has 0 unspecified atom stereocenters. The van der Waals surface area contributed by atoms with Gasteiger partial charge in [-0.1, -0.05) is 5.16 Å². The van der Waals surface area contributed by atoms with Gasteiger partial charge >= 0.3 is 0 Å². The van der Waals surface area contributed by atoms with E-state index in [-0.39, 0.29) is 5.96 Å². The van der Waals surface area contributed by atoms with Crippen LogP contribution in [-0.2, 0) is 0 Å². The van der Waals surface area contributed by atoms with Crippen LogP contribution < -0.4 is 15.4 Å². The Balaban J connectivity index is 1.96. The Morgan fingerprint density at radius 2 is 1.83 bits per heavy atom. The fraction of sp³-hybridized carbons (Fsp3) is 0.417. The Morgan fingerprint density at radius 3 is 2.33 bits per heavy atom.